The number of ether oxygens (including phenoxy) is 1. The van der Waals surface area contributed by atoms with E-state index in [9.17, 15) is 18.8 Å². The van der Waals surface area contributed by atoms with Crippen LogP contribution in [0.1, 0.15) is 22.0 Å². The molecule has 0 saturated heterocycles. The second-order valence-corrected chi connectivity index (χ2v) is 4.57. The molecule has 0 aromatic heterocycles. The molecule has 0 saturated carbocycles. The maximum atomic E-state index is 13.3. The molecule has 0 fully saturated rings. The van der Waals surface area contributed by atoms with Crippen LogP contribution in [-0.4, -0.2) is 18.1 Å². The Kier molecular flexibility index (Phi) is 4.76. The van der Waals surface area contributed by atoms with Crippen LogP contribution in [0, 0.1) is 23.0 Å². The molecule has 0 heterocycles. The van der Waals surface area contributed by atoms with E-state index < -0.39 is 29.3 Å². The summed E-state index contributed by atoms with van der Waals surface area (Å²) in [6.07, 6.45) is 0. The molecule has 2 N–H and O–H groups in total. The van der Waals surface area contributed by atoms with Crippen molar-refractivity contribution < 1.29 is 23.4 Å². The lowest BCUT2D eigenvalue weighted by atomic mass is 10.1. The standard InChI is InChI=1S/C16H12F2N2O3/c1-23-14-5-3-2-4-10(14)13(8-19)20-16(22)9-6-11(17)15(21)12(18)7-9/h2-7,13,21H,1H3,(H,20,22)/t13-/m0/s1. The summed E-state index contributed by atoms with van der Waals surface area (Å²) in [7, 11) is 1.42. The number of nitrogens with zero attached hydrogens (tertiary/aromatic N) is 1. The number of hydrogen-bond acceptors (Lipinski definition) is 4. The first-order valence-electron chi connectivity index (χ1n) is 6.49. The summed E-state index contributed by atoms with van der Waals surface area (Å²) in [5.74, 6) is -4.16. The van der Waals surface area contributed by atoms with Gasteiger partial charge in [-0.15, -0.1) is 0 Å². The zero-order valence-electron chi connectivity index (χ0n) is 12.0. The summed E-state index contributed by atoms with van der Waals surface area (Å²) in [5, 5.41) is 20.6. The average molecular weight is 318 g/mol. The monoisotopic (exact) mass is 318 g/mol. The van der Waals surface area contributed by atoms with Crippen molar-refractivity contribution in [1.82, 2.24) is 5.32 Å². The van der Waals surface area contributed by atoms with Gasteiger partial charge in [0.15, 0.2) is 17.4 Å². The minimum Gasteiger partial charge on any atom is -0.503 e. The van der Waals surface area contributed by atoms with Crippen molar-refractivity contribution in [3.63, 3.8) is 0 Å². The van der Waals surface area contributed by atoms with Crippen molar-refractivity contribution in [2.24, 2.45) is 0 Å². The molecule has 0 aliphatic rings. The lowest BCUT2D eigenvalue weighted by molar-refractivity contribution is 0.0944. The van der Waals surface area contributed by atoms with Crippen LogP contribution in [0.15, 0.2) is 36.4 Å². The second kappa shape index (κ2) is 6.75. The van der Waals surface area contributed by atoms with Crippen LogP contribution in [0.5, 0.6) is 11.5 Å². The fourth-order valence-corrected chi connectivity index (χ4v) is 2.00. The molecule has 23 heavy (non-hydrogen) atoms. The lowest BCUT2D eigenvalue weighted by Gasteiger charge is -2.15. The largest absolute Gasteiger partial charge is 0.503 e. The molecular weight excluding hydrogens is 306 g/mol. The normalized spacial score (nSPS) is 11.4. The van der Waals surface area contributed by atoms with Crippen LogP contribution in [-0.2, 0) is 0 Å². The molecule has 0 aliphatic heterocycles. The van der Waals surface area contributed by atoms with Crippen LogP contribution in [0.4, 0.5) is 8.78 Å². The third-order valence-corrected chi connectivity index (χ3v) is 3.13. The van der Waals surface area contributed by atoms with Gasteiger partial charge >= 0.3 is 0 Å². The van der Waals surface area contributed by atoms with E-state index in [1.54, 1.807) is 24.3 Å². The number of hydrogen-bond donors (Lipinski definition) is 2. The first-order chi connectivity index (χ1) is 11.0. The Balaban J connectivity index is 2.29. The topological polar surface area (TPSA) is 82.3 Å². The number of phenolic OH excluding ortho intramolecular Hbond substituents is 1. The van der Waals surface area contributed by atoms with E-state index in [1.165, 1.54) is 7.11 Å². The Morgan fingerprint density at radius 2 is 1.91 bits per heavy atom. The van der Waals surface area contributed by atoms with Crippen LogP contribution in [0.3, 0.4) is 0 Å². The van der Waals surface area contributed by atoms with Crippen molar-refractivity contribution >= 4 is 5.91 Å². The van der Waals surface area contributed by atoms with Crippen molar-refractivity contribution in [2.75, 3.05) is 7.11 Å². The summed E-state index contributed by atoms with van der Waals surface area (Å²) >= 11 is 0. The molecule has 1 atom stereocenters. The number of amides is 1. The number of para-hydroxylation sites is 1. The van der Waals surface area contributed by atoms with E-state index in [0.717, 1.165) is 0 Å². The first kappa shape index (κ1) is 16.2. The molecule has 118 valence electrons. The van der Waals surface area contributed by atoms with Crippen molar-refractivity contribution in [1.29, 1.82) is 5.26 Å². The van der Waals surface area contributed by atoms with Crippen LogP contribution < -0.4 is 10.1 Å². The number of phenols is 1. The highest BCUT2D eigenvalue weighted by molar-refractivity contribution is 5.94. The van der Waals surface area contributed by atoms with Gasteiger partial charge in [0.1, 0.15) is 11.8 Å². The summed E-state index contributed by atoms with van der Waals surface area (Å²) in [4.78, 5) is 12.1. The van der Waals surface area contributed by atoms with Gasteiger partial charge in [-0.1, -0.05) is 18.2 Å². The fourth-order valence-electron chi connectivity index (χ4n) is 2.00. The molecule has 1 amide bonds. The highest BCUT2D eigenvalue weighted by atomic mass is 19.1. The molecule has 0 unspecified atom stereocenters. The number of halogens is 2. The minimum atomic E-state index is -1.26. The van der Waals surface area contributed by atoms with Crippen molar-refractivity contribution in [3.05, 3.63) is 59.2 Å². The molecule has 7 heteroatoms. The summed E-state index contributed by atoms with van der Waals surface area (Å²) < 4.78 is 31.7. The number of methoxy groups -OCH3 is 1. The predicted molar refractivity (Wildman–Crippen MR) is 76.8 cm³/mol. The molecular formula is C16H12F2N2O3. The predicted octanol–water partition coefficient (Wildman–Crippen LogP) is 2.67. The molecule has 0 radical (unpaired) electrons. The molecule has 5 nitrogen and oxygen atoms in total. The van der Waals surface area contributed by atoms with Crippen LogP contribution >= 0.6 is 0 Å². The van der Waals surface area contributed by atoms with E-state index in [0.29, 0.717) is 23.4 Å². The maximum Gasteiger partial charge on any atom is 0.252 e. The van der Waals surface area contributed by atoms with Gasteiger partial charge in [-0.2, -0.15) is 5.26 Å². The Morgan fingerprint density at radius 3 is 2.48 bits per heavy atom. The third kappa shape index (κ3) is 3.37. The fraction of sp³-hybridized carbons (Fsp3) is 0.125. The highest BCUT2D eigenvalue weighted by Gasteiger charge is 2.20. The number of nitriles is 1. The maximum absolute atomic E-state index is 13.3. The van der Waals surface area contributed by atoms with Crippen molar-refractivity contribution in [3.8, 4) is 17.6 Å². The Hall–Kier alpha value is -3.14. The number of benzene rings is 2. The number of nitrogens with one attached hydrogen (secondary N) is 1. The molecule has 0 spiro atoms. The molecule has 0 aliphatic carbocycles. The van der Waals surface area contributed by atoms with Crippen LogP contribution in [0.2, 0.25) is 0 Å². The summed E-state index contributed by atoms with van der Waals surface area (Å²) in [6.45, 7) is 0. The van der Waals surface area contributed by atoms with E-state index >= 15 is 0 Å². The average Bonchev–Trinajstić information content (AvgIpc) is 2.56. The zero-order valence-corrected chi connectivity index (χ0v) is 12.0. The number of rotatable bonds is 4. The third-order valence-electron chi connectivity index (χ3n) is 3.13. The van der Waals surface area contributed by atoms with Gasteiger partial charge in [0, 0.05) is 11.1 Å². The number of carbonyl (C=O) groups is 1. The molecule has 0 bridgehead atoms. The van der Waals surface area contributed by atoms with Crippen molar-refractivity contribution in [2.45, 2.75) is 6.04 Å². The lowest BCUT2D eigenvalue weighted by Crippen LogP contribution is -2.28. The zero-order chi connectivity index (χ0) is 17.0. The smallest absolute Gasteiger partial charge is 0.252 e. The highest BCUT2D eigenvalue weighted by Crippen LogP contribution is 2.25. The van der Waals surface area contributed by atoms with E-state index in [4.69, 9.17) is 9.84 Å². The van der Waals surface area contributed by atoms with E-state index in [1.807, 2.05) is 6.07 Å². The van der Waals surface area contributed by atoms with Crippen LogP contribution in [0.25, 0.3) is 0 Å². The van der Waals surface area contributed by atoms with E-state index in [2.05, 4.69) is 5.32 Å². The Labute approximate surface area is 130 Å². The molecule has 2 aromatic rings. The molecule has 2 rings (SSSR count). The van der Waals surface area contributed by atoms with Gasteiger partial charge in [-0.05, 0) is 18.2 Å². The summed E-state index contributed by atoms with van der Waals surface area (Å²) in [5.41, 5.74) is 0.0542. The van der Waals surface area contributed by atoms with Gasteiger partial charge in [0.25, 0.3) is 5.91 Å². The van der Waals surface area contributed by atoms with Gasteiger partial charge in [-0.3, -0.25) is 4.79 Å². The van der Waals surface area contributed by atoms with Gasteiger partial charge in [0.2, 0.25) is 0 Å². The van der Waals surface area contributed by atoms with Gasteiger partial charge in [-0.25, -0.2) is 8.78 Å². The van der Waals surface area contributed by atoms with E-state index in [-0.39, 0.29) is 5.56 Å². The summed E-state index contributed by atoms with van der Waals surface area (Å²) in [6, 6.07) is 8.75. The van der Waals surface area contributed by atoms with Gasteiger partial charge < -0.3 is 15.2 Å². The first-order valence-corrected chi connectivity index (χ1v) is 6.49. The SMILES string of the molecule is COc1ccccc1[C@H](C#N)NC(=O)c1cc(F)c(O)c(F)c1. The minimum absolute atomic E-state index is 0.354. The Morgan fingerprint density at radius 1 is 1.30 bits per heavy atom. The molecule has 2 aromatic carbocycles. The second-order valence-electron chi connectivity index (χ2n) is 4.57. The number of carbonyl (C=O) groups excluding carboxylic acids is 1. The Bertz CT molecular complexity index is 764. The number of aromatic hydroxyl groups is 1. The van der Waals surface area contributed by atoms with Gasteiger partial charge in [0.05, 0.1) is 13.2 Å². The quantitative estimate of drug-likeness (QED) is 0.908.